The lowest BCUT2D eigenvalue weighted by molar-refractivity contribution is 0.555. The Morgan fingerprint density at radius 1 is 1.30 bits per heavy atom. The minimum absolute atomic E-state index is 0. The number of nitrogens with zero attached hydrogens (tertiary/aromatic N) is 3. The van der Waals surface area contributed by atoms with Gasteiger partial charge in [0, 0.05) is 30.7 Å². The lowest BCUT2D eigenvalue weighted by Crippen LogP contribution is -2.37. The van der Waals surface area contributed by atoms with Crippen molar-refractivity contribution in [2.75, 3.05) is 13.6 Å². The summed E-state index contributed by atoms with van der Waals surface area (Å²) in [6, 6.07) is 4.25. The van der Waals surface area contributed by atoms with Crippen molar-refractivity contribution in [3.05, 3.63) is 39.3 Å². The van der Waals surface area contributed by atoms with Crippen molar-refractivity contribution in [3.8, 4) is 0 Å². The van der Waals surface area contributed by atoms with E-state index in [0.717, 1.165) is 37.7 Å². The molecule has 2 aromatic rings. The van der Waals surface area contributed by atoms with Gasteiger partial charge in [-0.05, 0) is 50.3 Å². The SMILES string of the molecule is CN=C(NCCCn1nc(C)cc1C)NCc1sccc1C.I. The maximum absolute atomic E-state index is 4.47. The molecule has 0 fully saturated rings. The Balaban J connectivity index is 0.00000264. The van der Waals surface area contributed by atoms with E-state index in [1.807, 2.05) is 6.92 Å². The third-order valence-electron chi connectivity index (χ3n) is 3.55. The van der Waals surface area contributed by atoms with Crippen LogP contribution in [0, 0.1) is 20.8 Å². The summed E-state index contributed by atoms with van der Waals surface area (Å²) >= 11 is 1.77. The molecule has 0 saturated carbocycles. The van der Waals surface area contributed by atoms with Gasteiger partial charge in [0.15, 0.2) is 5.96 Å². The molecule has 2 heterocycles. The molecule has 0 atom stereocenters. The minimum Gasteiger partial charge on any atom is -0.356 e. The smallest absolute Gasteiger partial charge is 0.191 e. The van der Waals surface area contributed by atoms with Gasteiger partial charge < -0.3 is 10.6 Å². The molecule has 0 aromatic carbocycles. The van der Waals surface area contributed by atoms with Gasteiger partial charge in [-0.25, -0.2) is 0 Å². The zero-order valence-corrected chi connectivity index (χ0v) is 17.4. The normalized spacial score (nSPS) is 11.2. The summed E-state index contributed by atoms with van der Waals surface area (Å²) in [6.07, 6.45) is 1.01. The van der Waals surface area contributed by atoms with Crippen molar-refractivity contribution in [2.45, 2.75) is 40.3 Å². The summed E-state index contributed by atoms with van der Waals surface area (Å²) in [5.74, 6) is 0.848. The minimum atomic E-state index is 0. The summed E-state index contributed by atoms with van der Waals surface area (Å²) < 4.78 is 2.06. The Morgan fingerprint density at radius 3 is 2.65 bits per heavy atom. The van der Waals surface area contributed by atoms with E-state index in [1.165, 1.54) is 16.1 Å². The zero-order valence-electron chi connectivity index (χ0n) is 14.2. The van der Waals surface area contributed by atoms with Crippen LogP contribution in [-0.2, 0) is 13.1 Å². The highest BCUT2D eigenvalue weighted by Crippen LogP contribution is 2.14. The molecule has 23 heavy (non-hydrogen) atoms. The Morgan fingerprint density at radius 2 is 2.09 bits per heavy atom. The van der Waals surface area contributed by atoms with E-state index in [1.54, 1.807) is 18.4 Å². The average molecular weight is 447 g/mol. The van der Waals surface area contributed by atoms with E-state index in [-0.39, 0.29) is 24.0 Å². The lowest BCUT2D eigenvalue weighted by atomic mass is 10.3. The highest BCUT2D eigenvalue weighted by Gasteiger charge is 2.03. The van der Waals surface area contributed by atoms with Gasteiger partial charge >= 0.3 is 0 Å². The Hall–Kier alpha value is -1.09. The molecule has 5 nitrogen and oxygen atoms in total. The Labute approximate surface area is 159 Å². The molecule has 0 aliphatic rings. The fourth-order valence-electron chi connectivity index (χ4n) is 2.31. The predicted octanol–water partition coefficient (Wildman–Crippen LogP) is 3.24. The molecule has 2 N–H and O–H groups in total. The predicted molar refractivity (Wildman–Crippen MR) is 109 cm³/mol. The highest BCUT2D eigenvalue weighted by atomic mass is 127. The van der Waals surface area contributed by atoms with Crippen LogP contribution in [-0.4, -0.2) is 29.3 Å². The van der Waals surface area contributed by atoms with Crippen LogP contribution < -0.4 is 10.6 Å². The van der Waals surface area contributed by atoms with E-state index in [0.29, 0.717) is 0 Å². The van der Waals surface area contributed by atoms with Crippen LogP contribution in [0.2, 0.25) is 0 Å². The van der Waals surface area contributed by atoms with E-state index in [4.69, 9.17) is 0 Å². The monoisotopic (exact) mass is 447 g/mol. The number of hydrogen-bond acceptors (Lipinski definition) is 3. The van der Waals surface area contributed by atoms with Gasteiger partial charge in [-0.1, -0.05) is 0 Å². The number of aliphatic imine (C=N–C) groups is 1. The summed E-state index contributed by atoms with van der Waals surface area (Å²) in [7, 11) is 1.80. The summed E-state index contributed by atoms with van der Waals surface area (Å²) in [5, 5.41) is 13.3. The molecule has 0 spiro atoms. The van der Waals surface area contributed by atoms with Gasteiger partial charge in [0.2, 0.25) is 0 Å². The van der Waals surface area contributed by atoms with Crippen LogP contribution in [0.1, 0.15) is 28.2 Å². The number of nitrogens with one attached hydrogen (secondary N) is 2. The molecule has 2 aromatic heterocycles. The van der Waals surface area contributed by atoms with Crippen molar-refractivity contribution in [1.29, 1.82) is 0 Å². The quantitative estimate of drug-likeness (QED) is 0.310. The molecule has 0 saturated heterocycles. The van der Waals surface area contributed by atoms with Crippen molar-refractivity contribution in [2.24, 2.45) is 4.99 Å². The van der Waals surface area contributed by atoms with E-state index >= 15 is 0 Å². The molecular weight excluding hydrogens is 421 g/mol. The number of aryl methyl sites for hydroxylation is 4. The van der Waals surface area contributed by atoms with Gasteiger partial charge in [0.05, 0.1) is 12.2 Å². The first kappa shape index (κ1) is 20.0. The maximum atomic E-state index is 4.47. The Bertz CT molecular complexity index is 632. The molecule has 0 aliphatic heterocycles. The van der Waals surface area contributed by atoms with Crippen molar-refractivity contribution < 1.29 is 0 Å². The second-order valence-corrected chi connectivity index (χ2v) is 6.38. The molecule has 2 rings (SSSR count). The van der Waals surface area contributed by atoms with Gasteiger partial charge in [-0.2, -0.15) is 5.10 Å². The van der Waals surface area contributed by atoms with Crippen LogP contribution in [0.25, 0.3) is 0 Å². The molecule has 0 bridgehead atoms. The molecule has 0 amide bonds. The first-order valence-corrected chi connectivity index (χ1v) is 8.46. The third-order valence-corrected chi connectivity index (χ3v) is 4.57. The first-order valence-electron chi connectivity index (χ1n) is 7.58. The number of guanidine groups is 1. The molecule has 7 heteroatoms. The number of hydrogen-bond donors (Lipinski definition) is 2. The number of halogens is 1. The van der Waals surface area contributed by atoms with Crippen molar-refractivity contribution in [1.82, 2.24) is 20.4 Å². The number of aromatic nitrogens is 2. The second kappa shape index (κ2) is 9.92. The van der Waals surface area contributed by atoms with E-state index in [9.17, 15) is 0 Å². The van der Waals surface area contributed by atoms with Crippen molar-refractivity contribution in [3.63, 3.8) is 0 Å². The standard InChI is InChI=1S/C16H25N5S.HI/c1-12-6-9-22-15(12)11-19-16(17-4)18-7-5-8-21-14(3)10-13(2)20-21;/h6,9-10H,5,7-8,11H2,1-4H3,(H2,17,18,19);1H. The fraction of sp³-hybridized carbons (Fsp3) is 0.500. The van der Waals surface area contributed by atoms with Crippen LogP contribution >= 0.6 is 35.3 Å². The number of rotatable bonds is 6. The Kier molecular flexibility index (Phi) is 8.60. The van der Waals surface area contributed by atoms with Crippen LogP contribution in [0.15, 0.2) is 22.5 Å². The van der Waals surface area contributed by atoms with Gasteiger partial charge in [0.25, 0.3) is 0 Å². The summed E-state index contributed by atoms with van der Waals surface area (Å²) in [4.78, 5) is 5.61. The van der Waals surface area contributed by atoms with Gasteiger partial charge in [-0.15, -0.1) is 35.3 Å². The lowest BCUT2D eigenvalue weighted by Gasteiger charge is -2.12. The second-order valence-electron chi connectivity index (χ2n) is 5.38. The van der Waals surface area contributed by atoms with E-state index < -0.39 is 0 Å². The summed E-state index contributed by atoms with van der Waals surface area (Å²) in [5.41, 5.74) is 3.62. The largest absolute Gasteiger partial charge is 0.356 e. The van der Waals surface area contributed by atoms with Crippen LogP contribution in [0.4, 0.5) is 0 Å². The van der Waals surface area contributed by atoms with Gasteiger partial charge in [-0.3, -0.25) is 9.67 Å². The number of thiophene rings is 1. The molecule has 0 aliphatic carbocycles. The first-order chi connectivity index (χ1) is 10.6. The zero-order chi connectivity index (χ0) is 15.9. The molecule has 0 radical (unpaired) electrons. The van der Waals surface area contributed by atoms with Crippen LogP contribution in [0.3, 0.4) is 0 Å². The third kappa shape index (κ3) is 6.14. The molecule has 0 unspecified atom stereocenters. The van der Waals surface area contributed by atoms with Gasteiger partial charge in [0.1, 0.15) is 0 Å². The average Bonchev–Trinajstić information content (AvgIpc) is 3.03. The fourth-order valence-corrected chi connectivity index (χ4v) is 3.15. The summed E-state index contributed by atoms with van der Waals surface area (Å²) in [6.45, 7) is 8.88. The van der Waals surface area contributed by atoms with E-state index in [2.05, 4.69) is 56.8 Å². The topological polar surface area (TPSA) is 54.2 Å². The maximum Gasteiger partial charge on any atom is 0.191 e. The highest BCUT2D eigenvalue weighted by molar-refractivity contribution is 14.0. The molecular formula is C16H26IN5S. The molecule has 128 valence electrons. The van der Waals surface area contributed by atoms with Crippen molar-refractivity contribution >= 4 is 41.3 Å². The van der Waals surface area contributed by atoms with Crippen LogP contribution in [0.5, 0.6) is 0 Å².